The lowest BCUT2D eigenvalue weighted by Gasteiger charge is -2.14. The fraction of sp³-hybridized carbons (Fsp3) is 0.200. The van der Waals surface area contributed by atoms with Crippen molar-refractivity contribution in [2.75, 3.05) is 6.61 Å². The molecule has 0 unspecified atom stereocenters. The molecule has 0 radical (unpaired) electrons. The van der Waals surface area contributed by atoms with E-state index >= 15 is 0 Å². The largest absolute Gasteiger partial charge is 0.394 e. The standard InChI is InChI=1S/C20H14N4.C10H14N2O5/c1-2-14-10-16-5-6-18(23-16)12-20-8-7-19(24-20)11-17-4-3-15(22-17)9-13(1)21-14;1-5-3-12(10(16)11-9(5)15)8-2-6(14)7(4-13)17-8/h1-12,21-22H;3,6-8,13-14H,2,4H2,1H3,(H,11,15,16)/t;6-,7+,8+/m.0/s1. The molecule has 0 saturated carbocycles. The van der Waals surface area contributed by atoms with Crippen LogP contribution in [0.1, 0.15) is 41.0 Å². The average Bonchev–Trinajstić information content (AvgIpc) is 3.77. The van der Waals surface area contributed by atoms with Crippen LogP contribution in [0.15, 0.2) is 64.3 Å². The summed E-state index contributed by atoms with van der Waals surface area (Å²) in [6, 6.07) is 16.4. The summed E-state index contributed by atoms with van der Waals surface area (Å²) in [4.78, 5) is 40.9. The van der Waals surface area contributed by atoms with E-state index in [9.17, 15) is 14.7 Å². The van der Waals surface area contributed by atoms with Crippen molar-refractivity contribution in [3.05, 3.63) is 104 Å². The molecule has 41 heavy (non-hydrogen) atoms. The summed E-state index contributed by atoms with van der Waals surface area (Å²) in [5.74, 6) is 0. The molecule has 11 heteroatoms. The van der Waals surface area contributed by atoms with Crippen molar-refractivity contribution in [2.24, 2.45) is 0 Å². The quantitative estimate of drug-likeness (QED) is 0.220. The Bertz CT molecular complexity index is 1860. The van der Waals surface area contributed by atoms with Crippen molar-refractivity contribution in [3.63, 3.8) is 0 Å². The zero-order valence-electron chi connectivity index (χ0n) is 22.1. The highest BCUT2D eigenvalue weighted by Crippen LogP contribution is 2.27. The molecular weight excluding hydrogens is 524 g/mol. The maximum atomic E-state index is 11.6. The number of hydrogen-bond acceptors (Lipinski definition) is 7. The fourth-order valence-corrected chi connectivity index (χ4v) is 4.79. The number of fused-ring (bicyclic) bond motifs is 8. The predicted octanol–water partition coefficient (Wildman–Crippen LogP) is 3.14. The molecule has 7 heterocycles. The van der Waals surface area contributed by atoms with Crippen molar-refractivity contribution in [3.8, 4) is 0 Å². The maximum absolute atomic E-state index is 11.6. The molecule has 0 spiro atoms. The maximum Gasteiger partial charge on any atom is 0.330 e. The van der Waals surface area contributed by atoms with Gasteiger partial charge in [-0.15, -0.1) is 0 Å². The van der Waals surface area contributed by atoms with E-state index in [1.54, 1.807) is 6.92 Å². The van der Waals surface area contributed by atoms with Gasteiger partial charge in [-0.3, -0.25) is 14.3 Å². The van der Waals surface area contributed by atoms with Crippen LogP contribution in [-0.4, -0.2) is 58.5 Å². The number of hydrogen-bond donors (Lipinski definition) is 5. The number of nitrogens with zero attached hydrogens (tertiary/aromatic N) is 3. The average molecular weight is 553 g/mol. The van der Waals surface area contributed by atoms with Gasteiger partial charge in [-0.2, -0.15) is 0 Å². The van der Waals surface area contributed by atoms with E-state index in [4.69, 9.17) is 9.84 Å². The van der Waals surface area contributed by atoms with Gasteiger partial charge in [-0.05, 0) is 79.8 Å². The fourth-order valence-electron chi connectivity index (χ4n) is 4.79. The van der Waals surface area contributed by atoms with Crippen molar-refractivity contribution < 1.29 is 14.9 Å². The van der Waals surface area contributed by atoms with Gasteiger partial charge in [0.05, 0.1) is 35.5 Å². The first-order chi connectivity index (χ1) is 19.8. The van der Waals surface area contributed by atoms with Crippen LogP contribution in [0.5, 0.6) is 0 Å². The number of nitrogens with one attached hydrogen (secondary N) is 3. The lowest BCUT2D eigenvalue weighted by Crippen LogP contribution is -2.33. The minimum absolute atomic E-state index is 0.205. The Balaban J connectivity index is 0.000000158. The molecule has 1 fully saturated rings. The van der Waals surface area contributed by atoms with Crippen LogP contribution in [0.2, 0.25) is 0 Å². The van der Waals surface area contributed by atoms with Crippen molar-refractivity contribution >= 4 is 46.4 Å². The highest BCUT2D eigenvalue weighted by atomic mass is 16.5. The Labute approximate surface area is 233 Å². The Kier molecular flexibility index (Phi) is 7.06. The van der Waals surface area contributed by atoms with E-state index in [1.807, 2.05) is 42.5 Å². The molecule has 3 aliphatic heterocycles. The molecule has 1 saturated heterocycles. The molecule has 0 aliphatic carbocycles. The second-order valence-corrected chi connectivity index (χ2v) is 10.00. The zero-order chi connectivity index (χ0) is 28.5. The highest BCUT2D eigenvalue weighted by molar-refractivity contribution is 5.77. The normalized spacial score (nSPS) is 19.2. The van der Waals surface area contributed by atoms with Gasteiger partial charge in [-0.1, -0.05) is 0 Å². The first-order valence-electron chi connectivity index (χ1n) is 13.1. The summed E-state index contributed by atoms with van der Waals surface area (Å²) in [7, 11) is 0. The van der Waals surface area contributed by atoms with E-state index in [1.165, 1.54) is 10.8 Å². The monoisotopic (exact) mass is 552 g/mol. The van der Waals surface area contributed by atoms with Gasteiger partial charge in [-0.25, -0.2) is 14.8 Å². The van der Waals surface area contributed by atoms with Crippen molar-refractivity contribution in [2.45, 2.75) is 31.8 Å². The van der Waals surface area contributed by atoms with Gasteiger partial charge in [0.1, 0.15) is 12.3 Å². The number of aliphatic hydroxyl groups excluding tert-OH is 2. The molecule has 11 nitrogen and oxygen atoms in total. The number of rotatable bonds is 2. The second kappa shape index (κ2) is 11.0. The minimum Gasteiger partial charge on any atom is -0.394 e. The molecule has 5 N–H and O–H groups in total. The molecule has 3 atom stereocenters. The smallest absolute Gasteiger partial charge is 0.330 e. The first-order valence-corrected chi connectivity index (χ1v) is 13.1. The molecule has 0 amide bonds. The summed E-state index contributed by atoms with van der Waals surface area (Å²) in [5, 5.41) is 18.5. The van der Waals surface area contributed by atoms with E-state index < -0.39 is 29.7 Å². The molecule has 208 valence electrons. The third-order valence-corrected chi connectivity index (χ3v) is 6.88. The van der Waals surface area contributed by atoms with Crippen LogP contribution in [0.3, 0.4) is 0 Å². The molecular formula is C30H28N6O5. The third-order valence-electron chi connectivity index (χ3n) is 6.88. The topological polar surface area (TPSA) is 162 Å². The van der Waals surface area contributed by atoms with Crippen LogP contribution in [-0.2, 0) is 4.74 Å². The molecule has 7 rings (SSSR count). The Hall–Kier alpha value is -4.84. The molecule has 4 aromatic rings. The Morgan fingerprint density at radius 1 is 0.829 bits per heavy atom. The minimum atomic E-state index is -0.816. The number of H-pyrrole nitrogens is 3. The van der Waals surface area contributed by atoms with E-state index in [2.05, 4.69) is 55.3 Å². The van der Waals surface area contributed by atoms with E-state index in [-0.39, 0.29) is 13.0 Å². The van der Waals surface area contributed by atoms with Gasteiger partial charge in [0.15, 0.2) is 0 Å². The summed E-state index contributed by atoms with van der Waals surface area (Å²) < 4.78 is 6.54. The van der Waals surface area contributed by atoms with Crippen LogP contribution in [0, 0.1) is 6.92 Å². The second-order valence-electron chi connectivity index (χ2n) is 10.00. The van der Waals surface area contributed by atoms with E-state index in [0.29, 0.717) is 5.56 Å². The third kappa shape index (κ3) is 5.87. The number of aromatic nitrogens is 6. The number of aromatic amines is 3. The van der Waals surface area contributed by atoms with Crippen molar-refractivity contribution in [1.82, 2.24) is 29.5 Å². The first kappa shape index (κ1) is 26.4. The molecule has 8 bridgehead atoms. The van der Waals surface area contributed by atoms with Crippen LogP contribution in [0.25, 0.3) is 46.4 Å². The van der Waals surface area contributed by atoms with Crippen molar-refractivity contribution in [1.29, 1.82) is 0 Å². The number of aryl methyl sites for hydroxylation is 1. The SMILES string of the molecule is C1=Cc2cc3ccc(cc4ccc(cc5nc(cc1n2)C=C5)[nH]4)[nH]3.Cc1cn([C@H]2C[C@H](O)[C@@H](CO)O2)c(=O)[nH]c1=O. The lowest BCUT2D eigenvalue weighted by molar-refractivity contribution is -0.0459. The van der Waals surface area contributed by atoms with Crippen LogP contribution >= 0.6 is 0 Å². The van der Waals surface area contributed by atoms with Gasteiger partial charge < -0.3 is 24.9 Å². The summed E-state index contributed by atoms with van der Waals surface area (Å²) >= 11 is 0. The summed E-state index contributed by atoms with van der Waals surface area (Å²) in [5.41, 5.74) is 7.22. The molecule has 0 aromatic carbocycles. The highest BCUT2D eigenvalue weighted by Gasteiger charge is 2.35. The number of aliphatic hydroxyl groups is 2. The summed E-state index contributed by atoms with van der Waals surface area (Å²) in [6.07, 6.45) is 7.47. The predicted molar refractivity (Wildman–Crippen MR) is 157 cm³/mol. The zero-order valence-corrected chi connectivity index (χ0v) is 22.1. The van der Waals surface area contributed by atoms with Crippen LogP contribution in [0.4, 0.5) is 0 Å². The van der Waals surface area contributed by atoms with Gasteiger partial charge in [0, 0.05) is 40.2 Å². The Morgan fingerprint density at radius 3 is 1.85 bits per heavy atom. The number of ether oxygens (including phenoxy) is 1. The lowest BCUT2D eigenvalue weighted by atomic mass is 10.2. The summed E-state index contributed by atoms with van der Waals surface area (Å²) in [6.45, 7) is 1.26. The van der Waals surface area contributed by atoms with Crippen LogP contribution < -0.4 is 11.2 Å². The molecule has 3 aliphatic rings. The molecule has 4 aromatic heterocycles. The van der Waals surface area contributed by atoms with Gasteiger partial charge in [0.25, 0.3) is 5.56 Å². The van der Waals surface area contributed by atoms with Gasteiger partial charge >= 0.3 is 5.69 Å². The van der Waals surface area contributed by atoms with E-state index in [0.717, 1.165) is 44.8 Å². The van der Waals surface area contributed by atoms with Gasteiger partial charge in [0.2, 0.25) is 0 Å². The Morgan fingerprint density at radius 2 is 1.34 bits per heavy atom.